The summed E-state index contributed by atoms with van der Waals surface area (Å²) in [5.74, 6) is 0.727. The second kappa shape index (κ2) is 6.66. The molecule has 0 spiro atoms. The molecule has 0 atom stereocenters. The number of hydrogen-bond donors (Lipinski definition) is 1. The Labute approximate surface area is 135 Å². The lowest BCUT2D eigenvalue weighted by molar-refractivity contribution is -0.386. The van der Waals surface area contributed by atoms with Crippen molar-refractivity contribution in [2.75, 3.05) is 11.9 Å². The molecule has 21 heavy (non-hydrogen) atoms. The lowest BCUT2D eigenvalue weighted by atomic mass is 10.3. The van der Waals surface area contributed by atoms with Crippen molar-refractivity contribution in [2.45, 2.75) is 13.8 Å². The van der Waals surface area contributed by atoms with Gasteiger partial charge in [0.05, 0.1) is 4.92 Å². The Balaban J connectivity index is 2.43. The Morgan fingerprint density at radius 2 is 2.00 bits per heavy atom. The van der Waals surface area contributed by atoms with Crippen LogP contribution >= 0.6 is 22.6 Å². The van der Waals surface area contributed by atoms with Gasteiger partial charge in [-0.3, -0.25) is 10.1 Å². The molecule has 7 nitrogen and oxygen atoms in total. The standard InChI is InChI=1S/C13H13IN4O3/c1-3-15-13-16-8(2)11(18(19)20)12(17-13)21-10-6-4-9(14)5-7-10/h4-7H,3H2,1-2H3,(H,15,16,17). The van der Waals surface area contributed by atoms with E-state index in [9.17, 15) is 10.1 Å². The normalized spacial score (nSPS) is 10.2. The van der Waals surface area contributed by atoms with Crippen molar-refractivity contribution in [3.8, 4) is 11.6 Å². The van der Waals surface area contributed by atoms with Crippen LogP contribution in [0.2, 0.25) is 0 Å². The van der Waals surface area contributed by atoms with E-state index in [2.05, 4.69) is 37.9 Å². The lowest BCUT2D eigenvalue weighted by Crippen LogP contribution is -2.07. The van der Waals surface area contributed by atoms with Crippen molar-refractivity contribution in [1.82, 2.24) is 9.97 Å². The average molecular weight is 400 g/mol. The van der Waals surface area contributed by atoms with Crippen molar-refractivity contribution in [1.29, 1.82) is 0 Å². The van der Waals surface area contributed by atoms with Crippen LogP contribution in [0.25, 0.3) is 0 Å². The molecule has 110 valence electrons. The van der Waals surface area contributed by atoms with E-state index in [1.807, 2.05) is 19.1 Å². The number of halogens is 1. The fourth-order valence-electron chi connectivity index (χ4n) is 1.67. The average Bonchev–Trinajstić information content (AvgIpc) is 2.41. The highest BCUT2D eigenvalue weighted by molar-refractivity contribution is 14.1. The molecule has 0 amide bonds. The lowest BCUT2D eigenvalue weighted by Gasteiger charge is -2.09. The van der Waals surface area contributed by atoms with Crippen molar-refractivity contribution >= 4 is 34.2 Å². The van der Waals surface area contributed by atoms with Crippen molar-refractivity contribution < 1.29 is 9.66 Å². The maximum absolute atomic E-state index is 11.2. The molecule has 0 unspecified atom stereocenters. The molecule has 0 radical (unpaired) electrons. The highest BCUT2D eigenvalue weighted by Crippen LogP contribution is 2.32. The third-order valence-corrected chi connectivity index (χ3v) is 3.29. The summed E-state index contributed by atoms with van der Waals surface area (Å²) in [4.78, 5) is 18.8. The Morgan fingerprint density at radius 1 is 1.33 bits per heavy atom. The van der Waals surface area contributed by atoms with Crippen LogP contribution in [0.5, 0.6) is 11.6 Å². The van der Waals surface area contributed by atoms with E-state index >= 15 is 0 Å². The molecular weight excluding hydrogens is 387 g/mol. The smallest absolute Gasteiger partial charge is 0.352 e. The summed E-state index contributed by atoms with van der Waals surface area (Å²) >= 11 is 2.17. The van der Waals surface area contributed by atoms with Gasteiger partial charge in [-0.1, -0.05) is 0 Å². The Hall–Kier alpha value is -1.97. The summed E-state index contributed by atoms with van der Waals surface area (Å²) in [5, 5.41) is 14.1. The van der Waals surface area contributed by atoms with Gasteiger partial charge in [0.15, 0.2) is 0 Å². The maximum atomic E-state index is 11.2. The molecule has 1 aromatic heterocycles. The van der Waals surface area contributed by atoms with Gasteiger partial charge in [-0.15, -0.1) is 0 Å². The number of aromatic nitrogens is 2. The number of nitro groups is 1. The fourth-order valence-corrected chi connectivity index (χ4v) is 2.03. The highest BCUT2D eigenvalue weighted by Gasteiger charge is 2.24. The van der Waals surface area contributed by atoms with Crippen molar-refractivity contribution in [2.24, 2.45) is 0 Å². The van der Waals surface area contributed by atoms with E-state index in [0.29, 0.717) is 18.2 Å². The highest BCUT2D eigenvalue weighted by atomic mass is 127. The van der Waals surface area contributed by atoms with Crippen LogP contribution < -0.4 is 10.1 Å². The minimum atomic E-state index is -0.535. The molecule has 0 saturated heterocycles. The molecule has 0 bridgehead atoms. The molecule has 0 aliphatic heterocycles. The van der Waals surface area contributed by atoms with Crippen molar-refractivity contribution in [3.05, 3.63) is 43.6 Å². The number of nitrogens with zero attached hydrogens (tertiary/aromatic N) is 3. The first-order valence-corrected chi connectivity index (χ1v) is 7.29. The summed E-state index contributed by atoms with van der Waals surface area (Å²) in [6, 6.07) is 7.16. The number of benzene rings is 1. The second-order valence-electron chi connectivity index (χ2n) is 4.13. The molecule has 0 aliphatic carbocycles. The number of aryl methyl sites for hydroxylation is 1. The third-order valence-electron chi connectivity index (χ3n) is 2.57. The molecule has 0 aliphatic rings. The van der Waals surface area contributed by atoms with E-state index in [0.717, 1.165) is 3.57 Å². The number of rotatable bonds is 5. The minimum absolute atomic E-state index is 0.0651. The minimum Gasteiger partial charge on any atom is -0.434 e. The van der Waals surface area contributed by atoms with E-state index in [1.54, 1.807) is 19.1 Å². The first kappa shape index (κ1) is 15.4. The molecule has 1 aromatic carbocycles. The molecule has 8 heteroatoms. The summed E-state index contributed by atoms with van der Waals surface area (Å²) in [6.45, 7) is 4.06. The fraction of sp³-hybridized carbons (Fsp3) is 0.231. The van der Waals surface area contributed by atoms with Gasteiger partial charge in [-0.2, -0.15) is 4.98 Å². The molecule has 1 heterocycles. The van der Waals surface area contributed by atoms with Gasteiger partial charge >= 0.3 is 11.6 Å². The van der Waals surface area contributed by atoms with Gasteiger partial charge in [-0.25, -0.2) is 4.98 Å². The number of nitrogens with one attached hydrogen (secondary N) is 1. The zero-order valence-electron chi connectivity index (χ0n) is 11.5. The first-order chi connectivity index (χ1) is 10.0. The summed E-state index contributed by atoms with van der Waals surface area (Å²) in [7, 11) is 0. The maximum Gasteiger partial charge on any atom is 0.352 e. The quantitative estimate of drug-likeness (QED) is 0.469. The Kier molecular flexibility index (Phi) is 4.89. The topological polar surface area (TPSA) is 90.2 Å². The van der Waals surface area contributed by atoms with Gasteiger partial charge in [-0.05, 0) is 60.7 Å². The molecule has 0 fully saturated rings. The molecule has 1 N–H and O–H groups in total. The first-order valence-electron chi connectivity index (χ1n) is 6.21. The van der Waals surface area contributed by atoms with Crippen LogP contribution in [0.15, 0.2) is 24.3 Å². The summed E-state index contributed by atoms with van der Waals surface area (Å²) in [5.41, 5.74) is 0.0293. The van der Waals surface area contributed by atoms with Gasteiger partial charge < -0.3 is 10.1 Å². The van der Waals surface area contributed by atoms with Gasteiger partial charge in [0.1, 0.15) is 11.4 Å². The predicted molar refractivity (Wildman–Crippen MR) is 86.8 cm³/mol. The zero-order valence-corrected chi connectivity index (χ0v) is 13.6. The molecule has 0 saturated carbocycles. The third kappa shape index (κ3) is 3.78. The monoisotopic (exact) mass is 400 g/mol. The summed E-state index contributed by atoms with van der Waals surface area (Å²) < 4.78 is 6.60. The van der Waals surface area contributed by atoms with Crippen molar-refractivity contribution in [3.63, 3.8) is 0 Å². The van der Waals surface area contributed by atoms with Crippen LogP contribution in [-0.4, -0.2) is 21.4 Å². The van der Waals surface area contributed by atoms with E-state index in [-0.39, 0.29) is 17.3 Å². The SMILES string of the molecule is CCNc1nc(C)c([N+](=O)[O-])c(Oc2ccc(I)cc2)n1. The number of ether oxygens (including phenoxy) is 1. The molecule has 2 aromatic rings. The van der Waals surface area contributed by atoms with Gasteiger partial charge in [0.25, 0.3) is 0 Å². The van der Waals surface area contributed by atoms with E-state index in [4.69, 9.17) is 4.74 Å². The van der Waals surface area contributed by atoms with Gasteiger partial charge in [0, 0.05) is 10.1 Å². The van der Waals surface area contributed by atoms with Crippen LogP contribution in [0.4, 0.5) is 11.6 Å². The van der Waals surface area contributed by atoms with Gasteiger partial charge in [0.2, 0.25) is 5.95 Å². The Bertz CT molecular complexity index is 661. The van der Waals surface area contributed by atoms with Crippen LogP contribution in [0.3, 0.4) is 0 Å². The van der Waals surface area contributed by atoms with E-state index < -0.39 is 4.92 Å². The second-order valence-corrected chi connectivity index (χ2v) is 5.38. The number of anilines is 1. The summed E-state index contributed by atoms with van der Waals surface area (Å²) in [6.07, 6.45) is 0. The number of hydrogen-bond acceptors (Lipinski definition) is 6. The molecule has 2 rings (SSSR count). The molecular formula is C13H13IN4O3. The predicted octanol–water partition coefficient (Wildman–Crippen LogP) is 3.52. The zero-order chi connectivity index (χ0) is 15.4. The van der Waals surface area contributed by atoms with Crippen LogP contribution in [0, 0.1) is 20.6 Å². The van der Waals surface area contributed by atoms with Crippen LogP contribution in [-0.2, 0) is 0 Å². The van der Waals surface area contributed by atoms with E-state index in [1.165, 1.54) is 0 Å². The largest absolute Gasteiger partial charge is 0.434 e. The Morgan fingerprint density at radius 3 is 2.57 bits per heavy atom. The van der Waals surface area contributed by atoms with Crippen LogP contribution in [0.1, 0.15) is 12.6 Å².